The summed E-state index contributed by atoms with van der Waals surface area (Å²) in [6, 6.07) is -0.0263. The van der Waals surface area contributed by atoms with Crippen LogP contribution in [0.3, 0.4) is 0 Å². The highest BCUT2D eigenvalue weighted by atomic mass is 35.5. The Kier molecular flexibility index (Phi) is 3.21. The van der Waals surface area contributed by atoms with E-state index in [1.54, 1.807) is 6.20 Å². The van der Waals surface area contributed by atoms with Crippen molar-refractivity contribution in [1.29, 1.82) is 0 Å². The van der Waals surface area contributed by atoms with Gasteiger partial charge in [-0.3, -0.25) is 4.79 Å². The fourth-order valence-electron chi connectivity index (χ4n) is 3.25. The number of carbonyl (C=O) groups excluding carboxylic acids is 1. The van der Waals surface area contributed by atoms with Crippen LogP contribution in [0.15, 0.2) is 6.20 Å². The Hall–Kier alpha value is -0.810. The molecule has 0 aromatic carbocycles. The van der Waals surface area contributed by atoms with E-state index in [4.69, 9.17) is 11.6 Å². The van der Waals surface area contributed by atoms with Crippen LogP contribution in [0.25, 0.3) is 0 Å². The van der Waals surface area contributed by atoms with Gasteiger partial charge in [-0.2, -0.15) is 0 Å². The first-order chi connectivity index (χ1) is 8.98. The molecule has 1 saturated heterocycles. The SMILES string of the molecule is O=C(Cl)c1cn(C2CCS(=O)(=O)C2)c2c1CCCC2. The normalized spacial score (nSPS) is 25.2. The van der Waals surface area contributed by atoms with Crippen molar-refractivity contribution in [2.24, 2.45) is 0 Å². The summed E-state index contributed by atoms with van der Waals surface area (Å²) in [5.74, 6) is 0.429. The van der Waals surface area contributed by atoms with Gasteiger partial charge in [0.05, 0.1) is 17.1 Å². The zero-order chi connectivity index (χ0) is 13.6. The molecule has 1 aliphatic heterocycles. The molecule has 0 N–H and O–H groups in total. The summed E-state index contributed by atoms with van der Waals surface area (Å²) in [4.78, 5) is 11.5. The second-order valence-electron chi connectivity index (χ2n) is 5.41. The monoisotopic (exact) mass is 301 g/mol. The average molecular weight is 302 g/mol. The van der Waals surface area contributed by atoms with Crippen molar-refractivity contribution in [2.45, 2.75) is 38.1 Å². The number of halogens is 1. The van der Waals surface area contributed by atoms with Crippen LogP contribution in [0.1, 0.15) is 46.9 Å². The molecule has 19 heavy (non-hydrogen) atoms. The minimum atomic E-state index is -2.92. The largest absolute Gasteiger partial charge is 0.346 e. The Morgan fingerprint density at radius 3 is 2.68 bits per heavy atom. The predicted molar refractivity (Wildman–Crippen MR) is 73.6 cm³/mol. The first-order valence-electron chi connectivity index (χ1n) is 6.61. The van der Waals surface area contributed by atoms with Gasteiger partial charge in [0.2, 0.25) is 0 Å². The van der Waals surface area contributed by atoms with Crippen molar-refractivity contribution in [3.8, 4) is 0 Å². The number of aromatic nitrogens is 1. The molecule has 2 heterocycles. The van der Waals surface area contributed by atoms with E-state index in [1.807, 2.05) is 4.57 Å². The number of carbonyl (C=O) groups is 1. The van der Waals surface area contributed by atoms with Gasteiger partial charge in [0.15, 0.2) is 9.84 Å². The van der Waals surface area contributed by atoms with Gasteiger partial charge in [-0.25, -0.2) is 8.42 Å². The molecule has 0 saturated carbocycles. The number of rotatable bonds is 2. The van der Waals surface area contributed by atoms with Crippen molar-refractivity contribution < 1.29 is 13.2 Å². The molecular weight excluding hydrogens is 286 g/mol. The van der Waals surface area contributed by atoms with E-state index in [1.165, 1.54) is 0 Å². The van der Waals surface area contributed by atoms with Crippen LogP contribution in [0.4, 0.5) is 0 Å². The highest BCUT2D eigenvalue weighted by Crippen LogP contribution is 2.33. The lowest BCUT2D eigenvalue weighted by molar-refractivity contribution is 0.108. The number of hydrogen-bond acceptors (Lipinski definition) is 3. The molecule has 0 bridgehead atoms. The molecule has 104 valence electrons. The van der Waals surface area contributed by atoms with Crippen molar-refractivity contribution in [3.05, 3.63) is 23.0 Å². The van der Waals surface area contributed by atoms with Gasteiger partial charge in [-0.05, 0) is 49.3 Å². The first-order valence-corrected chi connectivity index (χ1v) is 8.81. The van der Waals surface area contributed by atoms with Crippen LogP contribution < -0.4 is 0 Å². The molecular formula is C13H16ClNO3S. The van der Waals surface area contributed by atoms with Crippen LogP contribution in [-0.2, 0) is 22.7 Å². The summed E-state index contributed by atoms with van der Waals surface area (Å²) in [5.41, 5.74) is 2.73. The van der Waals surface area contributed by atoms with Crippen LogP contribution in [0.5, 0.6) is 0 Å². The quantitative estimate of drug-likeness (QED) is 0.786. The highest BCUT2D eigenvalue weighted by Gasteiger charge is 2.32. The zero-order valence-electron chi connectivity index (χ0n) is 10.6. The van der Waals surface area contributed by atoms with Crippen LogP contribution in [0, 0.1) is 0 Å². The number of nitrogens with zero attached hydrogens (tertiary/aromatic N) is 1. The summed E-state index contributed by atoms with van der Waals surface area (Å²) < 4.78 is 25.2. The molecule has 1 aromatic heterocycles. The molecule has 2 aliphatic rings. The molecule has 1 aliphatic carbocycles. The molecule has 0 amide bonds. The molecule has 1 aromatic rings. The molecule has 3 rings (SSSR count). The molecule has 1 unspecified atom stereocenters. The zero-order valence-corrected chi connectivity index (χ0v) is 12.1. The van der Waals surface area contributed by atoms with Gasteiger partial charge in [0.25, 0.3) is 5.24 Å². The van der Waals surface area contributed by atoms with E-state index in [2.05, 4.69) is 0 Å². The van der Waals surface area contributed by atoms with Gasteiger partial charge >= 0.3 is 0 Å². The Morgan fingerprint density at radius 1 is 1.32 bits per heavy atom. The van der Waals surface area contributed by atoms with E-state index in [0.29, 0.717) is 12.0 Å². The molecule has 1 fully saturated rings. The second kappa shape index (κ2) is 4.63. The maximum atomic E-state index is 11.6. The minimum absolute atomic E-state index is 0.0263. The second-order valence-corrected chi connectivity index (χ2v) is 7.98. The average Bonchev–Trinajstić information content (AvgIpc) is 2.89. The lowest BCUT2D eigenvalue weighted by Gasteiger charge is -2.19. The van der Waals surface area contributed by atoms with Crippen LogP contribution in [0.2, 0.25) is 0 Å². The van der Waals surface area contributed by atoms with E-state index in [-0.39, 0.29) is 17.5 Å². The summed E-state index contributed by atoms with van der Waals surface area (Å²) in [5, 5.41) is -0.433. The highest BCUT2D eigenvalue weighted by molar-refractivity contribution is 7.91. The van der Waals surface area contributed by atoms with Crippen molar-refractivity contribution in [3.63, 3.8) is 0 Å². The Balaban J connectivity index is 2.05. The van der Waals surface area contributed by atoms with Gasteiger partial charge in [-0.1, -0.05) is 0 Å². The Labute approximate surface area is 117 Å². The first kappa shape index (κ1) is 13.2. The molecule has 6 heteroatoms. The standard InChI is InChI=1S/C13H16ClNO3S/c14-13(16)11-7-15(9-5-6-19(17,18)8-9)12-4-2-1-3-10(11)12/h7,9H,1-6,8H2. The summed E-state index contributed by atoms with van der Waals surface area (Å²) >= 11 is 5.65. The smallest absolute Gasteiger partial charge is 0.254 e. The number of fused-ring (bicyclic) bond motifs is 1. The summed E-state index contributed by atoms with van der Waals surface area (Å²) in [7, 11) is -2.92. The van der Waals surface area contributed by atoms with Gasteiger partial charge in [0.1, 0.15) is 0 Å². The third-order valence-electron chi connectivity index (χ3n) is 4.16. The number of sulfone groups is 1. The summed E-state index contributed by atoms with van der Waals surface area (Å²) in [6.07, 6.45) is 6.35. The van der Waals surface area contributed by atoms with E-state index in [0.717, 1.165) is 36.9 Å². The van der Waals surface area contributed by atoms with E-state index < -0.39 is 15.1 Å². The fraction of sp³-hybridized carbons (Fsp3) is 0.615. The van der Waals surface area contributed by atoms with Crippen LogP contribution >= 0.6 is 11.6 Å². The predicted octanol–water partition coefficient (Wildman–Crippen LogP) is 2.11. The fourth-order valence-corrected chi connectivity index (χ4v) is 5.12. The van der Waals surface area contributed by atoms with Gasteiger partial charge < -0.3 is 4.57 Å². The van der Waals surface area contributed by atoms with Gasteiger partial charge in [-0.15, -0.1) is 0 Å². The molecule has 4 nitrogen and oxygen atoms in total. The van der Waals surface area contributed by atoms with Gasteiger partial charge in [0, 0.05) is 17.9 Å². The van der Waals surface area contributed by atoms with Crippen molar-refractivity contribution >= 4 is 26.7 Å². The van der Waals surface area contributed by atoms with Crippen molar-refractivity contribution in [2.75, 3.05) is 11.5 Å². The molecule has 0 spiro atoms. The Bertz CT molecular complexity index is 633. The molecule has 0 radical (unpaired) electrons. The lowest BCUT2D eigenvalue weighted by Crippen LogP contribution is -2.15. The topological polar surface area (TPSA) is 56.1 Å². The maximum Gasteiger partial charge on any atom is 0.254 e. The Morgan fingerprint density at radius 2 is 2.05 bits per heavy atom. The van der Waals surface area contributed by atoms with Crippen molar-refractivity contribution in [1.82, 2.24) is 4.57 Å². The van der Waals surface area contributed by atoms with E-state index >= 15 is 0 Å². The third kappa shape index (κ3) is 2.34. The van der Waals surface area contributed by atoms with E-state index in [9.17, 15) is 13.2 Å². The van der Waals surface area contributed by atoms with Crippen LogP contribution in [-0.4, -0.2) is 29.7 Å². The maximum absolute atomic E-state index is 11.6. The lowest BCUT2D eigenvalue weighted by atomic mass is 9.95. The number of hydrogen-bond donors (Lipinski definition) is 0. The molecule has 1 atom stereocenters. The minimum Gasteiger partial charge on any atom is -0.346 e. The summed E-state index contributed by atoms with van der Waals surface area (Å²) in [6.45, 7) is 0. The third-order valence-corrected chi connectivity index (χ3v) is 6.11.